The number of nitrogens with one attached hydrogen (secondary N) is 1. The third kappa shape index (κ3) is 6.54. The highest BCUT2D eigenvalue weighted by Crippen LogP contribution is 2.30. The molecule has 3 amide bonds. The largest absolute Gasteiger partial charge is 0.384 e. The maximum Gasteiger partial charge on any atom is 0.324 e. The van der Waals surface area contributed by atoms with Crippen LogP contribution in [0.25, 0.3) is 5.57 Å². The van der Waals surface area contributed by atoms with Crippen LogP contribution in [0.5, 0.6) is 0 Å². The molecule has 1 aromatic carbocycles. The number of hydrogen-bond donors (Lipinski definition) is 2. The third-order valence-electron chi connectivity index (χ3n) is 7.26. The number of piperazine rings is 1. The Morgan fingerprint density at radius 2 is 1.80 bits per heavy atom. The van der Waals surface area contributed by atoms with E-state index in [-0.39, 0.29) is 11.9 Å². The van der Waals surface area contributed by atoms with E-state index in [9.17, 15) is 9.59 Å². The number of likely N-dealkylation sites (N-methyl/N-ethyl adjacent to an activating group) is 1. The standard InChI is InChI=1S/C28H39N5O2/c1-2-31-17-19-32(20-18-31)28(35)33(16-6-4-3-5-7-27(29)34)25-11-8-22(9-12-25)23-10-13-26-24(21-23)14-15-30-26/h8-12,14-15,21,26,30H,2-7,13,16-20H2,1H3,(H2,29,34). The third-order valence-corrected chi connectivity index (χ3v) is 7.26. The first-order chi connectivity index (χ1) is 17.0. The van der Waals surface area contributed by atoms with Crippen molar-refractivity contribution in [2.45, 2.75) is 51.5 Å². The molecule has 0 radical (unpaired) electrons. The van der Waals surface area contributed by atoms with Crippen molar-refractivity contribution in [3.05, 3.63) is 59.8 Å². The Morgan fingerprint density at radius 1 is 1.06 bits per heavy atom. The fourth-order valence-corrected chi connectivity index (χ4v) is 5.03. The fourth-order valence-electron chi connectivity index (χ4n) is 5.03. The van der Waals surface area contributed by atoms with E-state index in [1.807, 2.05) is 16.0 Å². The van der Waals surface area contributed by atoms with Crippen molar-refractivity contribution >= 4 is 23.2 Å². The minimum absolute atomic E-state index is 0.0923. The molecule has 0 spiro atoms. The first kappa shape index (κ1) is 25.0. The van der Waals surface area contributed by atoms with E-state index in [0.29, 0.717) is 19.0 Å². The van der Waals surface area contributed by atoms with Crippen LogP contribution >= 0.6 is 0 Å². The lowest BCUT2D eigenvalue weighted by Gasteiger charge is -2.37. The zero-order chi connectivity index (χ0) is 24.6. The lowest BCUT2D eigenvalue weighted by molar-refractivity contribution is -0.118. The molecular weight excluding hydrogens is 438 g/mol. The predicted molar refractivity (Wildman–Crippen MR) is 142 cm³/mol. The lowest BCUT2D eigenvalue weighted by Crippen LogP contribution is -2.53. The summed E-state index contributed by atoms with van der Waals surface area (Å²) >= 11 is 0. The molecule has 0 saturated carbocycles. The van der Waals surface area contributed by atoms with Gasteiger partial charge in [0.25, 0.3) is 0 Å². The Bertz CT molecular complexity index is 974. The zero-order valence-electron chi connectivity index (χ0n) is 20.9. The van der Waals surface area contributed by atoms with Crippen LogP contribution in [0.3, 0.4) is 0 Å². The van der Waals surface area contributed by atoms with Crippen molar-refractivity contribution in [2.75, 3.05) is 44.2 Å². The van der Waals surface area contributed by atoms with E-state index in [1.165, 1.54) is 16.7 Å². The number of unbranched alkanes of at least 4 members (excludes halogenated alkanes) is 3. The maximum atomic E-state index is 13.6. The molecule has 1 saturated heterocycles. The quantitative estimate of drug-likeness (QED) is 0.501. The SMILES string of the molecule is CCN1CCN(C(=O)N(CCCCCCC(N)=O)c2ccc(C3=CCC4NC=CC4=C3)cc2)CC1. The highest BCUT2D eigenvalue weighted by molar-refractivity contribution is 5.92. The van der Waals surface area contributed by atoms with Gasteiger partial charge < -0.3 is 20.9 Å². The number of benzene rings is 1. The molecule has 3 aliphatic rings. The molecule has 1 atom stereocenters. The molecule has 35 heavy (non-hydrogen) atoms. The van der Waals surface area contributed by atoms with Crippen molar-refractivity contribution < 1.29 is 9.59 Å². The van der Waals surface area contributed by atoms with Gasteiger partial charge in [-0.1, -0.05) is 38.0 Å². The number of amides is 3. The van der Waals surface area contributed by atoms with E-state index in [4.69, 9.17) is 5.73 Å². The molecule has 1 aliphatic carbocycles. The molecule has 2 aliphatic heterocycles. The number of nitrogens with two attached hydrogens (primary N) is 1. The van der Waals surface area contributed by atoms with Crippen molar-refractivity contribution in [3.63, 3.8) is 0 Å². The molecule has 4 rings (SSSR count). The van der Waals surface area contributed by atoms with Crippen LogP contribution in [0, 0.1) is 0 Å². The van der Waals surface area contributed by atoms with E-state index in [1.54, 1.807) is 0 Å². The summed E-state index contributed by atoms with van der Waals surface area (Å²) in [6.45, 7) is 7.25. The molecule has 0 bridgehead atoms. The van der Waals surface area contributed by atoms with Crippen LogP contribution in [0.4, 0.5) is 10.5 Å². The van der Waals surface area contributed by atoms with Gasteiger partial charge in [-0.15, -0.1) is 0 Å². The number of anilines is 1. The van der Waals surface area contributed by atoms with E-state index < -0.39 is 0 Å². The first-order valence-electron chi connectivity index (χ1n) is 13.1. The molecule has 1 fully saturated rings. The number of urea groups is 1. The number of fused-ring (bicyclic) bond motifs is 1. The monoisotopic (exact) mass is 477 g/mol. The molecule has 188 valence electrons. The molecule has 1 aromatic rings. The van der Waals surface area contributed by atoms with Gasteiger partial charge in [0.2, 0.25) is 5.91 Å². The van der Waals surface area contributed by atoms with E-state index >= 15 is 0 Å². The molecule has 2 heterocycles. The fraction of sp³-hybridized carbons (Fsp3) is 0.500. The summed E-state index contributed by atoms with van der Waals surface area (Å²) < 4.78 is 0. The van der Waals surface area contributed by atoms with Crippen LogP contribution in [-0.4, -0.2) is 67.0 Å². The number of allylic oxidation sites excluding steroid dienone is 2. The van der Waals surface area contributed by atoms with Crippen molar-refractivity contribution in [3.8, 4) is 0 Å². The van der Waals surface area contributed by atoms with Crippen LogP contribution < -0.4 is 16.0 Å². The molecule has 3 N–H and O–H groups in total. The van der Waals surface area contributed by atoms with Gasteiger partial charge in [0.1, 0.15) is 0 Å². The van der Waals surface area contributed by atoms with Gasteiger partial charge in [-0.25, -0.2) is 4.79 Å². The normalized spacial score (nSPS) is 19.6. The topological polar surface area (TPSA) is 81.9 Å². The Labute approximate surface area is 209 Å². The Hall–Kier alpha value is -3.06. The minimum Gasteiger partial charge on any atom is -0.384 e. The summed E-state index contributed by atoms with van der Waals surface area (Å²) in [7, 11) is 0. The Morgan fingerprint density at radius 3 is 2.51 bits per heavy atom. The number of carbonyl (C=O) groups is 2. The van der Waals surface area contributed by atoms with E-state index in [0.717, 1.165) is 70.5 Å². The average molecular weight is 478 g/mol. The van der Waals surface area contributed by atoms with Gasteiger partial charge in [-0.3, -0.25) is 9.69 Å². The highest BCUT2D eigenvalue weighted by Gasteiger charge is 2.26. The molecular formula is C28H39N5O2. The number of nitrogens with zero attached hydrogens (tertiary/aromatic N) is 3. The summed E-state index contributed by atoms with van der Waals surface area (Å²) in [4.78, 5) is 30.8. The van der Waals surface area contributed by atoms with Crippen molar-refractivity contribution in [1.82, 2.24) is 15.1 Å². The van der Waals surface area contributed by atoms with Gasteiger partial charge >= 0.3 is 6.03 Å². The number of rotatable bonds is 10. The predicted octanol–water partition coefficient (Wildman–Crippen LogP) is 3.89. The van der Waals surface area contributed by atoms with E-state index in [2.05, 4.69) is 59.6 Å². The van der Waals surface area contributed by atoms with Crippen molar-refractivity contribution in [1.29, 1.82) is 0 Å². The second-order valence-corrected chi connectivity index (χ2v) is 9.63. The van der Waals surface area contributed by atoms with Crippen LogP contribution in [0.15, 0.2) is 54.3 Å². The second kappa shape index (κ2) is 12.1. The molecule has 7 heteroatoms. The number of carbonyl (C=O) groups excluding carboxylic acids is 2. The molecule has 0 aromatic heterocycles. The van der Waals surface area contributed by atoms with Gasteiger partial charge in [0.05, 0.1) is 6.04 Å². The number of primary amides is 1. The van der Waals surface area contributed by atoms with Gasteiger partial charge in [0.15, 0.2) is 0 Å². The smallest absolute Gasteiger partial charge is 0.324 e. The minimum atomic E-state index is -0.243. The van der Waals surface area contributed by atoms with Gasteiger partial charge in [-0.2, -0.15) is 0 Å². The van der Waals surface area contributed by atoms with Gasteiger partial charge in [0, 0.05) is 44.8 Å². The van der Waals surface area contributed by atoms with Crippen LogP contribution in [0.2, 0.25) is 0 Å². The molecule has 7 nitrogen and oxygen atoms in total. The summed E-state index contributed by atoms with van der Waals surface area (Å²) in [5.74, 6) is -0.243. The Kier molecular flexibility index (Phi) is 8.64. The molecule has 1 unspecified atom stereocenters. The summed E-state index contributed by atoms with van der Waals surface area (Å²) in [6.07, 6.45) is 13.8. The zero-order valence-corrected chi connectivity index (χ0v) is 20.9. The highest BCUT2D eigenvalue weighted by atomic mass is 16.2. The van der Waals surface area contributed by atoms with Crippen LogP contribution in [0.1, 0.15) is 51.0 Å². The Balaban J connectivity index is 1.42. The van der Waals surface area contributed by atoms with Crippen molar-refractivity contribution in [2.24, 2.45) is 5.73 Å². The summed E-state index contributed by atoms with van der Waals surface area (Å²) in [5, 5.41) is 3.37. The summed E-state index contributed by atoms with van der Waals surface area (Å²) in [6, 6.07) is 8.92. The summed E-state index contributed by atoms with van der Waals surface area (Å²) in [5.41, 5.74) is 9.93. The van der Waals surface area contributed by atoms with Gasteiger partial charge in [-0.05, 0) is 73.0 Å². The lowest BCUT2D eigenvalue weighted by atomic mass is 9.92. The first-order valence-corrected chi connectivity index (χ1v) is 13.1. The van der Waals surface area contributed by atoms with Crippen LogP contribution in [-0.2, 0) is 4.79 Å². The maximum absolute atomic E-state index is 13.6. The number of hydrogen-bond acceptors (Lipinski definition) is 4. The second-order valence-electron chi connectivity index (χ2n) is 9.63. The average Bonchev–Trinajstić information content (AvgIpc) is 3.36.